The van der Waals surface area contributed by atoms with Crippen molar-refractivity contribution in [3.63, 3.8) is 0 Å². The van der Waals surface area contributed by atoms with Gasteiger partial charge in [0, 0.05) is 20.0 Å². The van der Waals surface area contributed by atoms with Crippen molar-refractivity contribution in [1.82, 2.24) is 26.2 Å². The second kappa shape index (κ2) is 18.0. The first-order valence-corrected chi connectivity index (χ1v) is 19.6. The molecule has 1 saturated carbocycles. The van der Waals surface area contributed by atoms with E-state index in [4.69, 9.17) is 6.42 Å². The molecule has 1 fully saturated rings. The van der Waals surface area contributed by atoms with E-state index in [1.165, 1.54) is 11.9 Å². The normalized spacial score (nSPS) is 17.6. The van der Waals surface area contributed by atoms with Crippen LogP contribution in [0, 0.1) is 29.6 Å². The van der Waals surface area contributed by atoms with Crippen molar-refractivity contribution in [2.45, 2.75) is 134 Å². The Labute approximate surface area is 301 Å². The van der Waals surface area contributed by atoms with Gasteiger partial charge in [-0.15, -0.1) is 12.3 Å². The van der Waals surface area contributed by atoms with Crippen LogP contribution in [-0.2, 0) is 29.0 Å². The molecule has 0 aromatic carbocycles. The number of carbonyl (C=O) groups is 5. The number of ketones is 1. The van der Waals surface area contributed by atoms with Crippen molar-refractivity contribution in [1.29, 1.82) is 0 Å². The molecular formula is C34H58IN5O7S. The lowest BCUT2D eigenvalue weighted by atomic mass is 9.83. The summed E-state index contributed by atoms with van der Waals surface area (Å²) in [6, 6.07) is -2.96. The fraction of sp³-hybridized carbons (Fsp3) is 0.794. The van der Waals surface area contributed by atoms with Crippen molar-refractivity contribution >= 4 is 62.0 Å². The summed E-state index contributed by atoms with van der Waals surface area (Å²) in [7, 11) is -2.27. The highest BCUT2D eigenvalue weighted by atomic mass is 127. The first kappa shape index (κ1) is 43.6. The van der Waals surface area contributed by atoms with Crippen LogP contribution in [0.2, 0.25) is 0 Å². The molecule has 14 heteroatoms. The van der Waals surface area contributed by atoms with Gasteiger partial charge in [-0.3, -0.25) is 19.2 Å². The molecule has 1 aliphatic rings. The number of alkyl halides is 1. The van der Waals surface area contributed by atoms with Crippen LogP contribution >= 0.6 is 22.6 Å². The third-order valence-electron chi connectivity index (χ3n) is 9.03. The van der Waals surface area contributed by atoms with Crippen molar-refractivity contribution in [3.8, 4) is 12.3 Å². The first-order valence-electron chi connectivity index (χ1n) is 16.7. The standard InChI is InChI=1S/C34H58IN5O7S/c1-12-13-17-24(25(41)28(42)36-11)37-29(43)27(35)40(20-23(4)22(2)3)30(44)26(32(5,6)7)38-31(45)39-34(18-15-14-16-19-34)21-48(46,47)33(8,9)10/h1,22-24,26-27H,13-21H2,2-11H3,(H,36,42)(H,37,43)(H2,38,39,45)/t23-,24?,26-,27-/m1/s1. The number of amides is 5. The number of nitrogens with one attached hydrogen (secondary N) is 4. The van der Waals surface area contributed by atoms with Crippen LogP contribution in [0.3, 0.4) is 0 Å². The Kier molecular flexibility index (Phi) is 16.4. The number of rotatable bonds is 15. The molecule has 0 bridgehead atoms. The molecule has 48 heavy (non-hydrogen) atoms. The molecule has 0 aromatic heterocycles. The predicted molar refractivity (Wildman–Crippen MR) is 197 cm³/mol. The van der Waals surface area contributed by atoms with Gasteiger partial charge in [0.1, 0.15) is 6.04 Å². The SMILES string of the molecule is C#CCCC(NC(=O)[C@H](I)N(C[C@@H](C)C(C)C)C(=O)[C@@H](NC(=O)NC1(CS(=O)(=O)C(C)(C)C)CCCCC1)C(C)(C)C)C(=O)C(=O)NC. The Balaban J connectivity index is 3.46. The van der Waals surface area contributed by atoms with Crippen LogP contribution in [0.1, 0.15) is 107 Å². The maximum absolute atomic E-state index is 14.5. The lowest BCUT2D eigenvalue weighted by molar-refractivity contribution is -0.143. The number of urea groups is 1. The Hall–Kier alpha value is -2.41. The maximum atomic E-state index is 14.5. The molecule has 0 aliphatic heterocycles. The number of hydrogen-bond acceptors (Lipinski definition) is 7. The van der Waals surface area contributed by atoms with E-state index >= 15 is 0 Å². The van der Waals surface area contributed by atoms with Crippen LogP contribution in [0.5, 0.6) is 0 Å². The predicted octanol–water partition coefficient (Wildman–Crippen LogP) is 3.71. The van der Waals surface area contributed by atoms with E-state index in [0.29, 0.717) is 12.8 Å². The molecule has 274 valence electrons. The minimum absolute atomic E-state index is 0.0349. The molecule has 4 atom stereocenters. The Morgan fingerprint density at radius 3 is 1.98 bits per heavy atom. The number of hydrogen-bond donors (Lipinski definition) is 4. The Bertz CT molecular complexity index is 1310. The van der Waals surface area contributed by atoms with Gasteiger partial charge in [0.2, 0.25) is 11.7 Å². The molecule has 0 heterocycles. The van der Waals surface area contributed by atoms with Crippen LogP contribution in [-0.4, -0.2) is 88.6 Å². The lowest BCUT2D eigenvalue weighted by Gasteiger charge is -2.41. The van der Waals surface area contributed by atoms with Crippen molar-refractivity contribution in [2.24, 2.45) is 17.3 Å². The molecule has 0 saturated heterocycles. The number of nitrogens with zero attached hydrogens (tertiary/aromatic N) is 1. The zero-order valence-corrected chi connectivity index (χ0v) is 33.4. The molecule has 4 N–H and O–H groups in total. The van der Waals surface area contributed by atoms with Gasteiger partial charge in [-0.05, 0) is 79.9 Å². The van der Waals surface area contributed by atoms with Gasteiger partial charge in [0.05, 0.1) is 22.1 Å². The fourth-order valence-electron chi connectivity index (χ4n) is 5.31. The summed E-state index contributed by atoms with van der Waals surface area (Å²) >= 11 is 1.83. The van der Waals surface area contributed by atoms with E-state index in [2.05, 4.69) is 27.2 Å². The van der Waals surface area contributed by atoms with Gasteiger partial charge >= 0.3 is 6.03 Å². The van der Waals surface area contributed by atoms with Gasteiger partial charge in [-0.25, -0.2) is 13.2 Å². The van der Waals surface area contributed by atoms with E-state index < -0.39 is 71.2 Å². The van der Waals surface area contributed by atoms with E-state index in [0.717, 1.165) is 19.3 Å². The van der Waals surface area contributed by atoms with E-state index in [1.807, 2.05) is 43.4 Å². The molecule has 1 unspecified atom stereocenters. The van der Waals surface area contributed by atoms with Crippen LogP contribution in [0.4, 0.5) is 4.79 Å². The second-order valence-electron chi connectivity index (χ2n) is 15.4. The largest absolute Gasteiger partial charge is 0.353 e. The summed E-state index contributed by atoms with van der Waals surface area (Å²) in [6.07, 6.45) is 9.00. The number of terminal acetylenes is 1. The third kappa shape index (κ3) is 12.5. The third-order valence-corrected chi connectivity index (χ3v) is 13.1. The van der Waals surface area contributed by atoms with E-state index in [1.54, 1.807) is 41.5 Å². The molecule has 12 nitrogen and oxygen atoms in total. The number of sulfone groups is 1. The van der Waals surface area contributed by atoms with Gasteiger partial charge in [0.25, 0.3) is 11.8 Å². The minimum Gasteiger partial charge on any atom is -0.353 e. The van der Waals surface area contributed by atoms with Gasteiger partial charge in [-0.1, -0.05) is 60.8 Å². The topological polar surface area (TPSA) is 171 Å². The van der Waals surface area contributed by atoms with Gasteiger partial charge in [0.15, 0.2) is 13.9 Å². The number of Topliss-reactive ketones (excluding diaryl/α,β-unsaturated/α-hetero) is 1. The average Bonchev–Trinajstić information content (AvgIpc) is 2.97. The molecule has 1 aliphatic carbocycles. The fourth-order valence-corrected chi connectivity index (χ4v) is 7.52. The van der Waals surface area contributed by atoms with E-state index in [-0.39, 0.29) is 37.0 Å². The van der Waals surface area contributed by atoms with Crippen molar-refractivity contribution in [2.75, 3.05) is 19.3 Å². The highest BCUT2D eigenvalue weighted by Gasteiger charge is 2.45. The molecule has 0 spiro atoms. The van der Waals surface area contributed by atoms with Crippen molar-refractivity contribution in [3.05, 3.63) is 0 Å². The Morgan fingerprint density at radius 2 is 1.52 bits per heavy atom. The molecular weight excluding hydrogens is 749 g/mol. The minimum atomic E-state index is -3.58. The molecule has 5 amide bonds. The molecule has 1 rings (SSSR count). The summed E-state index contributed by atoms with van der Waals surface area (Å²) in [4.78, 5) is 68.0. The number of likely N-dealkylation sites (N-methyl/N-ethyl adjacent to an activating group) is 1. The van der Waals surface area contributed by atoms with E-state index in [9.17, 15) is 32.4 Å². The second-order valence-corrected chi connectivity index (χ2v) is 19.3. The Morgan fingerprint density at radius 1 is 0.958 bits per heavy atom. The first-order chi connectivity index (χ1) is 21.9. The zero-order chi connectivity index (χ0) is 37.3. The van der Waals surface area contributed by atoms with Gasteiger partial charge < -0.3 is 26.2 Å². The monoisotopic (exact) mass is 807 g/mol. The summed E-state index contributed by atoms with van der Waals surface area (Å²) in [6.45, 7) is 16.4. The quantitative estimate of drug-likeness (QED) is 0.0643. The average molecular weight is 808 g/mol. The summed E-state index contributed by atoms with van der Waals surface area (Å²) in [5, 5.41) is 10.7. The van der Waals surface area contributed by atoms with Crippen LogP contribution < -0.4 is 21.3 Å². The maximum Gasteiger partial charge on any atom is 0.315 e. The summed E-state index contributed by atoms with van der Waals surface area (Å²) < 4.78 is 24.5. The molecule has 0 aromatic rings. The molecule has 0 radical (unpaired) electrons. The smallest absolute Gasteiger partial charge is 0.315 e. The van der Waals surface area contributed by atoms with Gasteiger partial charge in [-0.2, -0.15) is 0 Å². The highest BCUT2D eigenvalue weighted by Crippen LogP contribution is 2.33. The highest BCUT2D eigenvalue weighted by molar-refractivity contribution is 14.1. The zero-order valence-electron chi connectivity index (χ0n) is 30.4. The van der Waals surface area contributed by atoms with Crippen LogP contribution in [0.25, 0.3) is 0 Å². The summed E-state index contributed by atoms with van der Waals surface area (Å²) in [5.74, 6) is -0.616. The number of halogens is 1. The summed E-state index contributed by atoms with van der Waals surface area (Å²) in [5.41, 5.74) is -1.80. The lowest BCUT2D eigenvalue weighted by Crippen LogP contribution is -2.64. The van der Waals surface area contributed by atoms with Crippen molar-refractivity contribution < 1.29 is 32.4 Å². The number of carbonyl (C=O) groups excluding carboxylic acids is 5. The van der Waals surface area contributed by atoms with Crippen LogP contribution in [0.15, 0.2) is 0 Å².